The minimum Gasteiger partial charge on any atom is -0.320 e. The van der Waals surface area contributed by atoms with Crippen LogP contribution in [0.25, 0.3) is 0 Å². The molecule has 0 bridgehead atoms. The highest BCUT2D eigenvalue weighted by Gasteiger charge is 1.77. The molecule has 0 aromatic heterocycles. The summed E-state index contributed by atoms with van der Waals surface area (Å²) in [5, 5.41) is 0. The van der Waals surface area contributed by atoms with Gasteiger partial charge in [-0.3, -0.25) is 0 Å². The summed E-state index contributed by atoms with van der Waals surface area (Å²) in [7, 11) is 0. The van der Waals surface area contributed by atoms with E-state index in [0.717, 1.165) is 0 Å². The van der Waals surface area contributed by atoms with Crippen molar-refractivity contribution in [3.05, 3.63) is 0 Å². The van der Waals surface area contributed by atoms with Crippen LogP contribution in [0, 0.1) is 17.8 Å². The second-order valence-electron chi connectivity index (χ2n) is 1.68. The van der Waals surface area contributed by atoms with E-state index < -0.39 is 0 Å². The normalized spacial score (nSPS) is 8.00. The molecule has 0 atom stereocenters. The van der Waals surface area contributed by atoms with Gasteiger partial charge in [-0.2, -0.15) is 0 Å². The summed E-state index contributed by atoms with van der Waals surface area (Å²) in [5.74, 6) is 6.16. The van der Waals surface area contributed by atoms with Crippen LogP contribution in [0.3, 0.4) is 0 Å². The van der Waals surface area contributed by atoms with Gasteiger partial charge in [-0.1, -0.05) is 25.7 Å². The van der Waals surface area contributed by atoms with Gasteiger partial charge >= 0.3 is 0 Å². The van der Waals surface area contributed by atoms with E-state index in [9.17, 15) is 0 Å². The fourth-order valence-electron chi connectivity index (χ4n) is 0.263. The quantitative estimate of drug-likeness (QED) is 0.440. The van der Waals surface area contributed by atoms with Gasteiger partial charge in [-0.15, -0.1) is 0 Å². The lowest BCUT2D eigenvalue weighted by Crippen LogP contribution is -1.93. The van der Waals surface area contributed by atoms with E-state index in [4.69, 9.17) is 5.73 Å². The van der Waals surface area contributed by atoms with E-state index in [1.165, 1.54) is 0 Å². The molecule has 1 heteroatoms. The van der Waals surface area contributed by atoms with E-state index >= 15 is 0 Å². The molecule has 0 saturated heterocycles. The molecule has 1 nitrogen and oxygen atoms in total. The average Bonchev–Trinajstić information content (AvgIpc) is 1.61. The van der Waals surface area contributed by atoms with Crippen LogP contribution in [0.4, 0.5) is 0 Å². The van der Waals surface area contributed by atoms with Gasteiger partial charge in [0.05, 0.1) is 6.54 Å². The van der Waals surface area contributed by atoms with Crippen LogP contribution in [0.2, 0.25) is 0 Å². The van der Waals surface area contributed by atoms with Gasteiger partial charge in [0.15, 0.2) is 0 Å². The Labute approximate surface area is 44.9 Å². The smallest absolute Gasteiger partial charge is 0.0551 e. The predicted molar refractivity (Wildman–Crippen MR) is 31.7 cm³/mol. The Bertz CT molecular complexity index is 84.1. The first-order chi connectivity index (χ1) is 3.27. The third kappa shape index (κ3) is 5.52. The zero-order chi connectivity index (χ0) is 5.70. The molecule has 0 aliphatic heterocycles. The Hall–Kier alpha value is -0.480. The van der Waals surface area contributed by atoms with Crippen molar-refractivity contribution in [3.63, 3.8) is 0 Å². The first-order valence-electron chi connectivity index (χ1n) is 2.46. The number of rotatable bonds is 0. The summed E-state index contributed by atoms with van der Waals surface area (Å²) in [6.07, 6.45) is 0. The Morgan fingerprint density at radius 2 is 2.14 bits per heavy atom. The monoisotopic (exact) mass is 97.1 g/mol. The van der Waals surface area contributed by atoms with Crippen LogP contribution in [-0.4, -0.2) is 6.54 Å². The van der Waals surface area contributed by atoms with E-state index in [2.05, 4.69) is 11.8 Å². The summed E-state index contributed by atoms with van der Waals surface area (Å²) in [4.78, 5) is 0. The molecule has 0 aliphatic rings. The molecule has 0 amide bonds. The van der Waals surface area contributed by atoms with E-state index in [1.54, 1.807) is 0 Å². The lowest BCUT2D eigenvalue weighted by molar-refractivity contribution is 0.865. The van der Waals surface area contributed by atoms with Crippen molar-refractivity contribution < 1.29 is 0 Å². The van der Waals surface area contributed by atoms with Crippen LogP contribution >= 0.6 is 0 Å². The average molecular weight is 97.2 g/mol. The molecule has 0 heterocycles. The highest BCUT2D eigenvalue weighted by atomic mass is 14.5. The standard InChI is InChI=1S/C6H11N/c1-6(2)4-3-5-7/h6H,5,7H2,1-2H3. The number of hydrogen-bond donors (Lipinski definition) is 1. The third-order valence-corrected chi connectivity index (χ3v) is 0.493. The lowest BCUT2D eigenvalue weighted by Gasteiger charge is -1.83. The third-order valence-electron chi connectivity index (χ3n) is 0.493. The predicted octanol–water partition coefficient (Wildman–Crippen LogP) is 0.605. The van der Waals surface area contributed by atoms with E-state index in [-0.39, 0.29) is 0 Å². The van der Waals surface area contributed by atoms with Crippen LogP contribution in [0.15, 0.2) is 0 Å². The minimum atomic E-state index is 0.462. The van der Waals surface area contributed by atoms with Gasteiger partial charge in [-0.05, 0) is 0 Å². The van der Waals surface area contributed by atoms with Crippen molar-refractivity contribution >= 4 is 0 Å². The molecule has 40 valence electrons. The van der Waals surface area contributed by atoms with Gasteiger partial charge in [0, 0.05) is 5.92 Å². The summed E-state index contributed by atoms with van der Waals surface area (Å²) >= 11 is 0. The molecule has 0 radical (unpaired) electrons. The highest BCUT2D eigenvalue weighted by molar-refractivity contribution is 5.01. The van der Waals surface area contributed by atoms with Gasteiger partial charge in [0.25, 0.3) is 0 Å². The maximum Gasteiger partial charge on any atom is 0.0551 e. The van der Waals surface area contributed by atoms with Crippen LogP contribution < -0.4 is 5.73 Å². The van der Waals surface area contributed by atoms with Crippen LogP contribution in [0.5, 0.6) is 0 Å². The van der Waals surface area contributed by atoms with Gasteiger partial charge < -0.3 is 5.73 Å². The minimum absolute atomic E-state index is 0.462. The molecule has 0 aromatic rings. The lowest BCUT2D eigenvalue weighted by atomic mass is 10.2. The van der Waals surface area contributed by atoms with Gasteiger partial charge in [0.1, 0.15) is 0 Å². The largest absolute Gasteiger partial charge is 0.320 e. The Balaban J connectivity index is 3.24. The summed E-state index contributed by atoms with van der Waals surface area (Å²) in [5.41, 5.74) is 5.10. The van der Waals surface area contributed by atoms with E-state index in [1.807, 2.05) is 13.8 Å². The Morgan fingerprint density at radius 1 is 1.57 bits per heavy atom. The van der Waals surface area contributed by atoms with Crippen molar-refractivity contribution in [3.8, 4) is 11.8 Å². The topological polar surface area (TPSA) is 26.0 Å². The molecule has 0 unspecified atom stereocenters. The Morgan fingerprint density at radius 3 is 2.29 bits per heavy atom. The highest BCUT2D eigenvalue weighted by Crippen LogP contribution is 1.83. The summed E-state index contributed by atoms with van der Waals surface area (Å²) < 4.78 is 0. The van der Waals surface area contributed by atoms with Gasteiger partial charge in [0.2, 0.25) is 0 Å². The summed E-state index contributed by atoms with van der Waals surface area (Å²) in [6, 6.07) is 0. The molecule has 0 fully saturated rings. The molecule has 7 heavy (non-hydrogen) atoms. The number of nitrogens with two attached hydrogens (primary N) is 1. The van der Waals surface area contributed by atoms with Crippen molar-refractivity contribution in [2.75, 3.05) is 6.54 Å². The SMILES string of the molecule is CC(C)C#CCN. The zero-order valence-electron chi connectivity index (χ0n) is 4.86. The molecule has 0 aliphatic carbocycles. The first-order valence-corrected chi connectivity index (χ1v) is 2.46. The van der Waals surface area contributed by atoms with Crippen molar-refractivity contribution in [1.82, 2.24) is 0 Å². The Kier molecular flexibility index (Phi) is 3.45. The van der Waals surface area contributed by atoms with Crippen LogP contribution in [0.1, 0.15) is 13.8 Å². The molecule has 0 spiro atoms. The second-order valence-corrected chi connectivity index (χ2v) is 1.68. The van der Waals surface area contributed by atoms with Crippen molar-refractivity contribution in [1.29, 1.82) is 0 Å². The molecule has 0 aromatic carbocycles. The van der Waals surface area contributed by atoms with Gasteiger partial charge in [-0.25, -0.2) is 0 Å². The van der Waals surface area contributed by atoms with Crippen molar-refractivity contribution in [2.24, 2.45) is 11.7 Å². The molecular formula is C6H11N. The number of hydrogen-bond acceptors (Lipinski definition) is 1. The van der Waals surface area contributed by atoms with E-state index in [0.29, 0.717) is 12.5 Å². The fourth-order valence-corrected chi connectivity index (χ4v) is 0.263. The summed E-state index contributed by atoms with van der Waals surface area (Å²) in [6.45, 7) is 4.57. The van der Waals surface area contributed by atoms with Crippen LogP contribution in [-0.2, 0) is 0 Å². The molecule has 0 saturated carbocycles. The zero-order valence-corrected chi connectivity index (χ0v) is 4.86. The first kappa shape index (κ1) is 6.52. The fraction of sp³-hybridized carbons (Fsp3) is 0.667. The maximum atomic E-state index is 5.10. The molecule has 0 rings (SSSR count). The molecular weight excluding hydrogens is 86.1 g/mol. The molecule has 2 N–H and O–H groups in total. The maximum absolute atomic E-state index is 5.10. The second kappa shape index (κ2) is 3.70. The van der Waals surface area contributed by atoms with Crippen molar-refractivity contribution in [2.45, 2.75) is 13.8 Å².